The molecule has 0 aliphatic rings. The number of ether oxygens (including phenoxy) is 2. The van der Waals surface area contributed by atoms with Crippen LogP contribution in [-0.4, -0.2) is 13.7 Å². The molecule has 1 aromatic rings. The zero-order valence-corrected chi connectivity index (χ0v) is 8.46. The SMILES string of the molecule is CCOc1ccc(CC)cc1OC. The lowest BCUT2D eigenvalue weighted by atomic mass is 10.1. The second-order valence-electron chi connectivity index (χ2n) is 2.77. The van der Waals surface area contributed by atoms with Crippen molar-refractivity contribution >= 4 is 0 Å². The Balaban J connectivity index is 2.93. The standard InChI is InChI=1S/C11H16O2/c1-4-9-6-7-10(13-5-2)11(8-9)12-3/h6-8H,4-5H2,1-3H3. The maximum Gasteiger partial charge on any atom is 0.161 e. The first kappa shape index (κ1) is 9.90. The van der Waals surface area contributed by atoms with Crippen LogP contribution in [0.3, 0.4) is 0 Å². The van der Waals surface area contributed by atoms with Gasteiger partial charge >= 0.3 is 0 Å². The average molecular weight is 180 g/mol. The third-order valence-corrected chi connectivity index (χ3v) is 1.94. The summed E-state index contributed by atoms with van der Waals surface area (Å²) in [6.07, 6.45) is 1.02. The summed E-state index contributed by atoms with van der Waals surface area (Å²) < 4.78 is 10.6. The van der Waals surface area contributed by atoms with Gasteiger partial charge < -0.3 is 9.47 Å². The zero-order valence-electron chi connectivity index (χ0n) is 8.46. The number of methoxy groups -OCH3 is 1. The van der Waals surface area contributed by atoms with Gasteiger partial charge in [-0.25, -0.2) is 0 Å². The van der Waals surface area contributed by atoms with Crippen LogP contribution in [0.15, 0.2) is 18.2 Å². The Morgan fingerprint density at radius 1 is 1.15 bits per heavy atom. The predicted molar refractivity (Wildman–Crippen MR) is 53.5 cm³/mol. The monoisotopic (exact) mass is 180 g/mol. The molecule has 0 bridgehead atoms. The summed E-state index contributed by atoms with van der Waals surface area (Å²) in [5, 5.41) is 0. The van der Waals surface area contributed by atoms with Gasteiger partial charge in [-0.3, -0.25) is 0 Å². The highest BCUT2D eigenvalue weighted by atomic mass is 16.5. The van der Waals surface area contributed by atoms with E-state index in [9.17, 15) is 0 Å². The molecule has 0 fully saturated rings. The Morgan fingerprint density at radius 2 is 1.92 bits per heavy atom. The zero-order chi connectivity index (χ0) is 9.68. The molecular formula is C11H16O2. The molecule has 72 valence electrons. The second-order valence-corrected chi connectivity index (χ2v) is 2.77. The molecule has 13 heavy (non-hydrogen) atoms. The van der Waals surface area contributed by atoms with Crippen LogP contribution in [0.5, 0.6) is 11.5 Å². The summed E-state index contributed by atoms with van der Waals surface area (Å²) >= 11 is 0. The Morgan fingerprint density at radius 3 is 2.46 bits per heavy atom. The van der Waals surface area contributed by atoms with Crippen LogP contribution < -0.4 is 9.47 Å². The van der Waals surface area contributed by atoms with Gasteiger partial charge in [-0.2, -0.15) is 0 Å². The van der Waals surface area contributed by atoms with Crippen molar-refractivity contribution in [2.75, 3.05) is 13.7 Å². The van der Waals surface area contributed by atoms with Crippen molar-refractivity contribution in [2.45, 2.75) is 20.3 Å². The smallest absolute Gasteiger partial charge is 0.161 e. The fourth-order valence-corrected chi connectivity index (χ4v) is 1.21. The molecule has 2 nitrogen and oxygen atoms in total. The third kappa shape index (κ3) is 2.38. The van der Waals surface area contributed by atoms with Gasteiger partial charge in [0.2, 0.25) is 0 Å². The Bertz CT molecular complexity index is 269. The lowest BCUT2D eigenvalue weighted by molar-refractivity contribution is 0.310. The highest BCUT2D eigenvalue weighted by Gasteiger charge is 2.03. The Kier molecular flexibility index (Phi) is 3.62. The number of aryl methyl sites for hydroxylation is 1. The highest BCUT2D eigenvalue weighted by molar-refractivity contribution is 5.42. The van der Waals surface area contributed by atoms with Crippen molar-refractivity contribution in [1.29, 1.82) is 0 Å². The molecule has 0 saturated carbocycles. The molecule has 2 heteroatoms. The molecule has 1 aromatic carbocycles. The molecular weight excluding hydrogens is 164 g/mol. The molecule has 0 amide bonds. The molecule has 0 unspecified atom stereocenters. The van der Waals surface area contributed by atoms with E-state index in [1.165, 1.54) is 5.56 Å². The van der Waals surface area contributed by atoms with E-state index in [0.29, 0.717) is 6.61 Å². The van der Waals surface area contributed by atoms with Gasteiger partial charge in [0, 0.05) is 0 Å². The van der Waals surface area contributed by atoms with Gasteiger partial charge in [0.1, 0.15) is 0 Å². The number of hydrogen-bond donors (Lipinski definition) is 0. The van der Waals surface area contributed by atoms with Crippen molar-refractivity contribution in [3.8, 4) is 11.5 Å². The van der Waals surface area contributed by atoms with E-state index in [1.54, 1.807) is 7.11 Å². The maximum atomic E-state index is 5.40. The van der Waals surface area contributed by atoms with E-state index in [0.717, 1.165) is 17.9 Å². The molecule has 0 atom stereocenters. The van der Waals surface area contributed by atoms with Crippen molar-refractivity contribution in [1.82, 2.24) is 0 Å². The Hall–Kier alpha value is -1.18. The van der Waals surface area contributed by atoms with E-state index < -0.39 is 0 Å². The maximum absolute atomic E-state index is 5.40. The minimum Gasteiger partial charge on any atom is -0.493 e. The average Bonchev–Trinajstić information content (AvgIpc) is 2.19. The number of rotatable bonds is 4. The molecule has 0 heterocycles. The summed E-state index contributed by atoms with van der Waals surface area (Å²) in [7, 11) is 1.66. The number of benzene rings is 1. The quantitative estimate of drug-likeness (QED) is 0.709. The minimum absolute atomic E-state index is 0.668. The van der Waals surface area contributed by atoms with Crippen molar-refractivity contribution in [2.24, 2.45) is 0 Å². The largest absolute Gasteiger partial charge is 0.493 e. The van der Waals surface area contributed by atoms with Crippen LogP contribution in [0, 0.1) is 0 Å². The first-order valence-electron chi connectivity index (χ1n) is 4.61. The molecule has 0 N–H and O–H groups in total. The summed E-state index contributed by atoms with van der Waals surface area (Å²) in [5.41, 5.74) is 1.26. The van der Waals surface area contributed by atoms with E-state index >= 15 is 0 Å². The van der Waals surface area contributed by atoms with Crippen molar-refractivity contribution in [3.05, 3.63) is 23.8 Å². The van der Waals surface area contributed by atoms with Crippen LogP contribution in [-0.2, 0) is 6.42 Å². The van der Waals surface area contributed by atoms with Gasteiger partial charge in [0.15, 0.2) is 11.5 Å². The Labute approximate surface area is 79.5 Å². The molecule has 0 spiro atoms. The van der Waals surface area contributed by atoms with Gasteiger partial charge in [-0.05, 0) is 31.0 Å². The minimum atomic E-state index is 0.668. The van der Waals surface area contributed by atoms with Gasteiger partial charge in [-0.15, -0.1) is 0 Å². The summed E-state index contributed by atoms with van der Waals surface area (Å²) in [4.78, 5) is 0. The molecule has 0 radical (unpaired) electrons. The molecule has 0 aliphatic heterocycles. The van der Waals surface area contributed by atoms with Crippen molar-refractivity contribution < 1.29 is 9.47 Å². The van der Waals surface area contributed by atoms with Crippen LogP contribution in [0.1, 0.15) is 19.4 Å². The first-order chi connectivity index (χ1) is 6.31. The third-order valence-electron chi connectivity index (χ3n) is 1.94. The predicted octanol–water partition coefficient (Wildman–Crippen LogP) is 2.66. The van der Waals surface area contributed by atoms with Crippen LogP contribution >= 0.6 is 0 Å². The van der Waals surface area contributed by atoms with Crippen LogP contribution in [0.4, 0.5) is 0 Å². The molecule has 0 aliphatic carbocycles. The molecule has 0 saturated heterocycles. The van der Waals surface area contributed by atoms with Crippen molar-refractivity contribution in [3.63, 3.8) is 0 Å². The van der Waals surface area contributed by atoms with Crippen LogP contribution in [0.25, 0.3) is 0 Å². The fraction of sp³-hybridized carbons (Fsp3) is 0.455. The normalized spacial score (nSPS) is 9.77. The highest BCUT2D eigenvalue weighted by Crippen LogP contribution is 2.27. The topological polar surface area (TPSA) is 18.5 Å². The van der Waals surface area contributed by atoms with E-state index in [1.807, 2.05) is 19.1 Å². The van der Waals surface area contributed by atoms with Gasteiger partial charge in [0.25, 0.3) is 0 Å². The molecule has 1 rings (SSSR count). The lowest BCUT2D eigenvalue weighted by Gasteiger charge is -2.09. The second kappa shape index (κ2) is 4.75. The summed E-state index contributed by atoms with van der Waals surface area (Å²) in [5.74, 6) is 1.64. The first-order valence-corrected chi connectivity index (χ1v) is 4.61. The van der Waals surface area contributed by atoms with Gasteiger partial charge in [-0.1, -0.05) is 13.0 Å². The summed E-state index contributed by atoms with van der Waals surface area (Å²) in [6, 6.07) is 6.04. The van der Waals surface area contributed by atoms with E-state index in [2.05, 4.69) is 13.0 Å². The van der Waals surface area contributed by atoms with E-state index in [-0.39, 0.29) is 0 Å². The summed E-state index contributed by atoms with van der Waals surface area (Å²) in [6.45, 7) is 4.75. The number of hydrogen-bond acceptors (Lipinski definition) is 2. The van der Waals surface area contributed by atoms with E-state index in [4.69, 9.17) is 9.47 Å². The lowest BCUT2D eigenvalue weighted by Crippen LogP contribution is -1.95. The molecule has 0 aromatic heterocycles. The fourth-order valence-electron chi connectivity index (χ4n) is 1.21. The van der Waals surface area contributed by atoms with Crippen LogP contribution in [0.2, 0.25) is 0 Å². The van der Waals surface area contributed by atoms with Gasteiger partial charge in [0.05, 0.1) is 13.7 Å².